The zero-order valence-corrected chi connectivity index (χ0v) is 14.8. The largest absolute Gasteiger partial charge is 0.497 e. The fraction of sp³-hybridized carbons (Fsp3) is 0.421. The Bertz CT molecular complexity index is 778. The molecule has 3 rings (SSSR count). The Morgan fingerprint density at radius 3 is 2.88 bits per heavy atom. The number of aliphatic hydroxyl groups excluding tert-OH is 1. The molecule has 6 heteroatoms. The lowest BCUT2D eigenvalue weighted by molar-refractivity contribution is 0.0713. The number of ether oxygens (including phenoxy) is 1. The van der Waals surface area contributed by atoms with Gasteiger partial charge in [-0.2, -0.15) is 10.2 Å². The van der Waals surface area contributed by atoms with Crippen LogP contribution in [0.4, 0.5) is 0 Å². The molecule has 1 fully saturated rings. The molecular weight excluding hydrogens is 318 g/mol. The molecule has 1 amide bonds. The zero-order valence-electron chi connectivity index (χ0n) is 14.8. The van der Waals surface area contributed by atoms with E-state index in [2.05, 4.69) is 10.2 Å². The molecule has 0 bridgehead atoms. The lowest BCUT2D eigenvalue weighted by Crippen LogP contribution is -2.32. The molecular formula is C19H23N3O3. The molecule has 2 heterocycles. The minimum atomic E-state index is -0.541. The van der Waals surface area contributed by atoms with Gasteiger partial charge in [-0.25, -0.2) is 0 Å². The fourth-order valence-electron chi connectivity index (χ4n) is 3.32. The highest BCUT2D eigenvalue weighted by Gasteiger charge is 2.36. The number of aryl methyl sites for hydroxylation is 2. The summed E-state index contributed by atoms with van der Waals surface area (Å²) in [6.07, 6.45) is 0.605. The standard InChI is InChI=1S/C19H23N3O3/c1-4-17-16(8-12(2)20-21-17)19(24)22-11-14(23)10-18(22)13-6-5-7-15(9-13)25-3/h5-9,14,18,23H,4,10-11H2,1-3H3/t14-,18+/m0/s1. The van der Waals surface area contributed by atoms with Crippen LogP contribution in [-0.4, -0.2) is 45.9 Å². The highest BCUT2D eigenvalue weighted by Crippen LogP contribution is 2.35. The lowest BCUT2D eigenvalue weighted by atomic mass is 10.0. The van der Waals surface area contributed by atoms with E-state index in [9.17, 15) is 9.90 Å². The topological polar surface area (TPSA) is 75.6 Å². The highest BCUT2D eigenvalue weighted by molar-refractivity contribution is 5.95. The van der Waals surface area contributed by atoms with Crippen molar-refractivity contribution in [2.75, 3.05) is 13.7 Å². The maximum atomic E-state index is 13.2. The second kappa shape index (κ2) is 7.19. The summed E-state index contributed by atoms with van der Waals surface area (Å²) >= 11 is 0. The number of amides is 1. The third-order valence-corrected chi connectivity index (χ3v) is 4.58. The number of hydrogen-bond acceptors (Lipinski definition) is 5. The van der Waals surface area contributed by atoms with Crippen LogP contribution < -0.4 is 4.74 Å². The van der Waals surface area contributed by atoms with E-state index in [1.807, 2.05) is 38.1 Å². The molecule has 25 heavy (non-hydrogen) atoms. The number of aromatic nitrogens is 2. The number of benzene rings is 1. The first kappa shape index (κ1) is 17.4. The van der Waals surface area contributed by atoms with E-state index >= 15 is 0 Å². The van der Waals surface area contributed by atoms with Crippen molar-refractivity contribution in [1.82, 2.24) is 15.1 Å². The summed E-state index contributed by atoms with van der Waals surface area (Å²) in [5, 5.41) is 18.4. The molecule has 1 saturated heterocycles. The van der Waals surface area contributed by atoms with E-state index in [4.69, 9.17) is 4.74 Å². The van der Waals surface area contributed by atoms with Crippen LogP contribution in [0.15, 0.2) is 30.3 Å². The number of likely N-dealkylation sites (tertiary alicyclic amines) is 1. The molecule has 0 aliphatic carbocycles. The summed E-state index contributed by atoms with van der Waals surface area (Å²) in [4.78, 5) is 14.9. The van der Waals surface area contributed by atoms with Gasteiger partial charge in [0.15, 0.2) is 0 Å². The molecule has 0 unspecified atom stereocenters. The molecule has 1 N–H and O–H groups in total. The number of hydrogen-bond donors (Lipinski definition) is 1. The van der Waals surface area contributed by atoms with Crippen molar-refractivity contribution in [2.45, 2.75) is 38.8 Å². The van der Waals surface area contributed by atoms with Crippen molar-refractivity contribution in [2.24, 2.45) is 0 Å². The summed E-state index contributed by atoms with van der Waals surface area (Å²) in [6, 6.07) is 9.24. The van der Waals surface area contributed by atoms with Gasteiger partial charge in [0.25, 0.3) is 5.91 Å². The van der Waals surface area contributed by atoms with E-state index < -0.39 is 6.10 Å². The van der Waals surface area contributed by atoms with Gasteiger partial charge < -0.3 is 14.7 Å². The Morgan fingerprint density at radius 2 is 2.16 bits per heavy atom. The van der Waals surface area contributed by atoms with Crippen molar-refractivity contribution >= 4 is 5.91 Å². The summed E-state index contributed by atoms with van der Waals surface area (Å²) < 4.78 is 5.29. The van der Waals surface area contributed by atoms with Crippen molar-refractivity contribution < 1.29 is 14.6 Å². The molecule has 0 radical (unpaired) electrons. The van der Waals surface area contributed by atoms with Gasteiger partial charge in [0.2, 0.25) is 0 Å². The smallest absolute Gasteiger partial charge is 0.256 e. The average molecular weight is 341 g/mol. The molecule has 132 valence electrons. The number of methoxy groups -OCH3 is 1. The number of β-amino-alcohol motifs (C(OH)–C–C–N with tert-alkyl or cyclic N) is 1. The number of carbonyl (C=O) groups is 1. The molecule has 0 saturated carbocycles. The van der Waals surface area contributed by atoms with Gasteiger partial charge in [0.1, 0.15) is 5.75 Å². The second-order valence-electron chi connectivity index (χ2n) is 6.34. The third-order valence-electron chi connectivity index (χ3n) is 4.58. The summed E-state index contributed by atoms with van der Waals surface area (Å²) in [5.74, 6) is 0.626. The van der Waals surface area contributed by atoms with Crippen LogP contribution in [0.3, 0.4) is 0 Å². The first-order valence-corrected chi connectivity index (χ1v) is 8.49. The minimum absolute atomic E-state index is 0.112. The van der Waals surface area contributed by atoms with Crippen molar-refractivity contribution in [1.29, 1.82) is 0 Å². The maximum absolute atomic E-state index is 13.2. The van der Waals surface area contributed by atoms with Crippen LogP contribution in [0.1, 0.15) is 46.7 Å². The Hall–Kier alpha value is -2.47. The van der Waals surface area contributed by atoms with E-state index in [1.165, 1.54) is 0 Å². The molecule has 1 aromatic heterocycles. The molecule has 2 atom stereocenters. The normalized spacial score (nSPS) is 19.9. The summed E-state index contributed by atoms with van der Waals surface area (Å²) in [5.41, 5.74) is 2.91. The van der Waals surface area contributed by atoms with Gasteiger partial charge in [-0.1, -0.05) is 19.1 Å². The van der Waals surface area contributed by atoms with Crippen molar-refractivity contribution in [3.05, 3.63) is 52.8 Å². The zero-order chi connectivity index (χ0) is 18.0. The van der Waals surface area contributed by atoms with E-state index in [0.29, 0.717) is 36.3 Å². The molecule has 2 aromatic rings. The van der Waals surface area contributed by atoms with E-state index in [-0.39, 0.29) is 11.9 Å². The highest BCUT2D eigenvalue weighted by atomic mass is 16.5. The molecule has 1 aromatic carbocycles. The van der Waals surface area contributed by atoms with Gasteiger partial charge in [-0.3, -0.25) is 4.79 Å². The third kappa shape index (κ3) is 3.49. The minimum Gasteiger partial charge on any atom is -0.497 e. The van der Waals surface area contributed by atoms with Crippen LogP contribution in [-0.2, 0) is 6.42 Å². The number of aliphatic hydroxyl groups is 1. The van der Waals surface area contributed by atoms with Crippen LogP contribution in [0.2, 0.25) is 0 Å². The van der Waals surface area contributed by atoms with Crippen LogP contribution >= 0.6 is 0 Å². The van der Waals surface area contributed by atoms with Gasteiger partial charge in [-0.05, 0) is 43.5 Å². The number of carbonyl (C=O) groups excluding carboxylic acids is 1. The summed E-state index contributed by atoms with van der Waals surface area (Å²) in [6.45, 7) is 4.08. The Morgan fingerprint density at radius 1 is 1.36 bits per heavy atom. The van der Waals surface area contributed by atoms with Crippen LogP contribution in [0.5, 0.6) is 5.75 Å². The quantitative estimate of drug-likeness (QED) is 0.923. The monoisotopic (exact) mass is 341 g/mol. The van der Waals surface area contributed by atoms with E-state index in [1.54, 1.807) is 18.1 Å². The van der Waals surface area contributed by atoms with E-state index in [0.717, 1.165) is 11.3 Å². The van der Waals surface area contributed by atoms with Crippen LogP contribution in [0.25, 0.3) is 0 Å². The lowest BCUT2D eigenvalue weighted by Gasteiger charge is -2.25. The molecule has 1 aliphatic heterocycles. The molecule has 6 nitrogen and oxygen atoms in total. The Kier molecular flexibility index (Phi) is 4.99. The predicted molar refractivity (Wildman–Crippen MR) is 93.5 cm³/mol. The second-order valence-corrected chi connectivity index (χ2v) is 6.34. The fourth-order valence-corrected chi connectivity index (χ4v) is 3.32. The number of rotatable bonds is 4. The first-order chi connectivity index (χ1) is 12.0. The number of nitrogens with zero attached hydrogens (tertiary/aromatic N) is 3. The van der Waals surface area contributed by atoms with Gasteiger partial charge >= 0.3 is 0 Å². The molecule has 1 aliphatic rings. The van der Waals surface area contributed by atoms with Crippen molar-refractivity contribution in [3.8, 4) is 5.75 Å². The average Bonchev–Trinajstić information content (AvgIpc) is 3.03. The molecule has 0 spiro atoms. The maximum Gasteiger partial charge on any atom is 0.256 e. The first-order valence-electron chi connectivity index (χ1n) is 8.49. The van der Waals surface area contributed by atoms with Crippen LogP contribution in [0, 0.1) is 6.92 Å². The Balaban J connectivity index is 1.96. The van der Waals surface area contributed by atoms with Gasteiger partial charge in [0, 0.05) is 6.54 Å². The Labute approximate surface area is 147 Å². The van der Waals surface area contributed by atoms with Crippen molar-refractivity contribution in [3.63, 3.8) is 0 Å². The summed E-state index contributed by atoms with van der Waals surface area (Å²) in [7, 11) is 1.62. The van der Waals surface area contributed by atoms with Gasteiger partial charge in [0.05, 0.1) is 36.2 Å². The predicted octanol–water partition coefficient (Wildman–Crippen LogP) is 2.30. The SMILES string of the molecule is CCc1nnc(C)cc1C(=O)N1C[C@@H](O)C[C@@H]1c1cccc(OC)c1. The van der Waals surface area contributed by atoms with Gasteiger partial charge in [-0.15, -0.1) is 0 Å².